The van der Waals surface area contributed by atoms with E-state index < -0.39 is 0 Å². The van der Waals surface area contributed by atoms with Gasteiger partial charge in [0.25, 0.3) is 0 Å². The molecule has 0 aliphatic carbocycles. The Balaban J connectivity index is 2.24. The molecule has 0 bridgehead atoms. The van der Waals surface area contributed by atoms with Gasteiger partial charge in [0.05, 0.1) is 5.92 Å². The number of amides is 1. The minimum absolute atomic E-state index is 0.0298. The molecule has 24 heavy (non-hydrogen) atoms. The van der Waals surface area contributed by atoms with Crippen LogP contribution in [0.4, 0.5) is 0 Å². The summed E-state index contributed by atoms with van der Waals surface area (Å²) in [7, 11) is 0. The van der Waals surface area contributed by atoms with Crippen molar-refractivity contribution in [3.8, 4) is 0 Å². The molecule has 1 fully saturated rings. The van der Waals surface area contributed by atoms with E-state index in [4.69, 9.17) is 5.73 Å². The molecular formula is C18H37N5O. The first kappa shape index (κ1) is 20.7. The Bertz CT molecular complexity index is 384. The van der Waals surface area contributed by atoms with Crippen molar-refractivity contribution in [1.29, 1.82) is 0 Å². The lowest BCUT2D eigenvalue weighted by Gasteiger charge is -2.30. The van der Waals surface area contributed by atoms with Gasteiger partial charge in [-0.3, -0.25) is 9.79 Å². The van der Waals surface area contributed by atoms with E-state index in [0.717, 1.165) is 70.4 Å². The molecule has 1 aliphatic rings. The molecule has 140 valence electrons. The Hall–Kier alpha value is -1.30. The number of carbonyl (C=O) groups excluding carboxylic acids is 1. The fourth-order valence-electron chi connectivity index (χ4n) is 3.03. The zero-order valence-electron chi connectivity index (χ0n) is 15.8. The number of nitrogens with zero attached hydrogens (tertiary/aromatic N) is 2. The van der Waals surface area contributed by atoms with Crippen molar-refractivity contribution in [1.82, 2.24) is 15.5 Å². The van der Waals surface area contributed by atoms with Gasteiger partial charge in [-0.1, -0.05) is 13.8 Å². The summed E-state index contributed by atoms with van der Waals surface area (Å²) in [6.45, 7) is 12.1. The van der Waals surface area contributed by atoms with Gasteiger partial charge < -0.3 is 21.3 Å². The zero-order chi connectivity index (χ0) is 17.8. The average molecular weight is 340 g/mol. The highest BCUT2D eigenvalue weighted by molar-refractivity contribution is 5.79. The second kappa shape index (κ2) is 12.1. The Morgan fingerprint density at radius 2 is 2.12 bits per heavy atom. The predicted molar refractivity (Wildman–Crippen MR) is 101 cm³/mol. The van der Waals surface area contributed by atoms with Crippen molar-refractivity contribution in [3.63, 3.8) is 0 Å². The topological polar surface area (TPSA) is 82.8 Å². The van der Waals surface area contributed by atoms with Crippen LogP contribution in [0.5, 0.6) is 0 Å². The van der Waals surface area contributed by atoms with Gasteiger partial charge in [0.2, 0.25) is 5.91 Å². The highest BCUT2D eigenvalue weighted by atomic mass is 16.1. The van der Waals surface area contributed by atoms with Crippen LogP contribution in [-0.4, -0.2) is 56.0 Å². The van der Waals surface area contributed by atoms with E-state index in [2.05, 4.69) is 41.3 Å². The molecule has 1 aliphatic heterocycles. The van der Waals surface area contributed by atoms with Gasteiger partial charge >= 0.3 is 0 Å². The number of nitrogens with two attached hydrogens (primary N) is 1. The van der Waals surface area contributed by atoms with E-state index in [1.54, 1.807) is 0 Å². The maximum absolute atomic E-state index is 11.3. The molecule has 0 aromatic rings. The molecule has 6 nitrogen and oxygen atoms in total. The van der Waals surface area contributed by atoms with E-state index in [1.165, 1.54) is 12.8 Å². The maximum Gasteiger partial charge on any atom is 0.221 e. The van der Waals surface area contributed by atoms with Gasteiger partial charge in [-0.05, 0) is 58.0 Å². The molecule has 1 saturated heterocycles. The van der Waals surface area contributed by atoms with Crippen molar-refractivity contribution in [2.45, 2.75) is 52.9 Å². The van der Waals surface area contributed by atoms with E-state index in [9.17, 15) is 4.79 Å². The molecule has 0 aromatic heterocycles. The van der Waals surface area contributed by atoms with Crippen molar-refractivity contribution >= 4 is 11.9 Å². The van der Waals surface area contributed by atoms with E-state index >= 15 is 0 Å². The van der Waals surface area contributed by atoms with Gasteiger partial charge in [-0.25, -0.2) is 0 Å². The highest BCUT2D eigenvalue weighted by Gasteiger charge is 2.23. The summed E-state index contributed by atoms with van der Waals surface area (Å²) in [5.41, 5.74) is 5.43. The van der Waals surface area contributed by atoms with Gasteiger partial charge in [0.1, 0.15) is 0 Å². The number of aliphatic imine (C=N–C) groups is 1. The summed E-state index contributed by atoms with van der Waals surface area (Å²) in [5, 5.41) is 6.70. The van der Waals surface area contributed by atoms with Crippen LogP contribution in [0.1, 0.15) is 52.9 Å². The lowest BCUT2D eigenvalue weighted by Crippen LogP contribution is -2.41. The Morgan fingerprint density at radius 1 is 1.33 bits per heavy atom. The number of hydrogen-bond donors (Lipinski definition) is 3. The summed E-state index contributed by atoms with van der Waals surface area (Å²) in [6.07, 6.45) is 5.42. The van der Waals surface area contributed by atoms with Gasteiger partial charge in [-0.15, -0.1) is 0 Å². The van der Waals surface area contributed by atoms with Crippen LogP contribution in [0.15, 0.2) is 4.99 Å². The molecule has 1 heterocycles. The summed E-state index contributed by atoms with van der Waals surface area (Å²) in [4.78, 5) is 18.3. The molecule has 0 saturated carbocycles. The van der Waals surface area contributed by atoms with Gasteiger partial charge in [0.15, 0.2) is 5.96 Å². The van der Waals surface area contributed by atoms with Crippen LogP contribution in [-0.2, 0) is 4.79 Å². The molecule has 4 N–H and O–H groups in total. The second-order valence-corrected chi connectivity index (χ2v) is 7.12. The van der Waals surface area contributed by atoms with Crippen LogP contribution in [0, 0.1) is 11.8 Å². The van der Waals surface area contributed by atoms with Crippen molar-refractivity contribution in [2.24, 2.45) is 22.6 Å². The number of guanidine groups is 1. The van der Waals surface area contributed by atoms with Crippen LogP contribution in [0.25, 0.3) is 0 Å². The SMILES string of the molecule is CCNC(=NCCCN1CCCC(C(N)=O)C1)NCCCC(C)C. The first-order chi connectivity index (χ1) is 11.5. The number of piperidine rings is 1. The Labute approximate surface area is 147 Å². The van der Waals surface area contributed by atoms with Crippen molar-refractivity contribution in [2.75, 3.05) is 39.3 Å². The number of primary amides is 1. The average Bonchev–Trinajstić information content (AvgIpc) is 2.55. The highest BCUT2D eigenvalue weighted by Crippen LogP contribution is 2.15. The Kier molecular flexibility index (Phi) is 10.5. The number of likely N-dealkylation sites (tertiary alicyclic amines) is 1. The molecule has 0 spiro atoms. The molecule has 6 heteroatoms. The summed E-state index contributed by atoms with van der Waals surface area (Å²) < 4.78 is 0. The third-order valence-electron chi connectivity index (χ3n) is 4.41. The Morgan fingerprint density at radius 3 is 2.79 bits per heavy atom. The standard InChI is InChI=1S/C18H37N5O/c1-4-20-18(21-10-5-8-15(2)3)22-11-7-13-23-12-6-9-16(14-23)17(19)24/h15-16H,4-14H2,1-3H3,(H2,19,24)(H2,20,21,22). The van der Waals surface area contributed by atoms with Crippen LogP contribution in [0.3, 0.4) is 0 Å². The molecule has 0 aromatic carbocycles. The summed E-state index contributed by atoms with van der Waals surface area (Å²) in [6, 6.07) is 0. The molecule has 1 unspecified atom stereocenters. The number of rotatable bonds is 10. The van der Waals surface area contributed by atoms with E-state index in [-0.39, 0.29) is 11.8 Å². The van der Waals surface area contributed by atoms with Crippen LogP contribution < -0.4 is 16.4 Å². The normalized spacial score (nSPS) is 19.5. The quantitative estimate of drug-likeness (QED) is 0.320. The van der Waals surface area contributed by atoms with E-state index in [1.807, 2.05) is 0 Å². The fraction of sp³-hybridized carbons (Fsp3) is 0.889. The molecule has 0 radical (unpaired) electrons. The molecular weight excluding hydrogens is 302 g/mol. The lowest BCUT2D eigenvalue weighted by atomic mass is 9.97. The van der Waals surface area contributed by atoms with Crippen LogP contribution in [0.2, 0.25) is 0 Å². The molecule has 1 atom stereocenters. The third kappa shape index (κ3) is 9.11. The van der Waals surface area contributed by atoms with Crippen molar-refractivity contribution < 1.29 is 4.79 Å². The minimum atomic E-state index is -0.155. The largest absolute Gasteiger partial charge is 0.369 e. The summed E-state index contributed by atoms with van der Waals surface area (Å²) in [5.74, 6) is 1.54. The zero-order valence-corrected chi connectivity index (χ0v) is 15.8. The lowest BCUT2D eigenvalue weighted by molar-refractivity contribution is -0.123. The first-order valence-electron chi connectivity index (χ1n) is 9.56. The number of carbonyl (C=O) groups is 1. The fourth-order valence-corrected chi connectivity index (χ4v) is 3.03. The third-order valence-corrected chi connectivity index (χ3v) is 4.41. The smallest absolute Gasteiger partial charge is 0.221 e. The monoisotopic (exact) mass is 339 g/mol. The molecule has 1 rings (SSSR count). The second-order valence-electron chi connectivity index (χ2n) is 7.12. The number of hydrogen-bond acceptors (Lipinski definition) is 3. The summed E-state index contributed by atoms with van der Waals surface area (Å²) >= 11 is 0. The predicted octanol–water partition coefficient (Wildman–Crippen LogP) is 1.57. The first-order valence-corrected chi connectivity index (χ1v) is 9.56. The molecule has 1 amide bonds. The minimum Gasteiger partial charge on any atom is -0.369 e. The van der Waals surface area contributed by atoms with E-state index in [0.29, 0.717) is 0 Å². The van der Waals surface area contributed by atoms with Crippen LogP contribution >= 0.6 is 0 Å². The number of nitrogens with one attached hydrogen (secondary N) is 2. The van der Waals surface area contributed by atoms with Gasteiger partial charge in [0, 0.05) is 26.2 Å². The van der Waals surface area contributed by atoms with Gasteiger partial charge in [-0.2, -0.15) is 0 Å². The van der Waals surface area contributed by atoms with Crippen molar-refractivity contribution in [3.05, 3.63) is 0 Å². The maximum atomic E-state index is 11.3.